The van der Waals surface area contributed by atoms with E-state index in [0.29, 0.717) is 12.2 Å². The van der Waals surface area contributed by atoms with E-state index < -0.39 is 34.4 Å². The lowest BCUT2D eigenvalue weighted by molar-refractivity contribution is -0.180. The van der Waals surface area contributed by atoms with Gasteiger partial charge in [-0.2, -0.15) is 18.3 Å². The minimum absolute atomic E-state index is 0.0207. The Labute approximate surface area is 211 Å². The van der Waals surface area contributed by atoms with Gasteiger partial charge in [0.25, 0.3) is 0 Å². The molecule has 0 amide bonds. The van der Waals surface area contributed by atoms with Crippen molar-refractivity contribution in [3.8, 4) is 0 Å². The maximum Gasteiger partial charge on any atom is 0.398 e. The second-order valence-electron chi connectivity index (χ2n) is 9.97. The van der Waals surface area contributed by atoms with Gasteiger partial charge in [-0.1, -0.05) is 30.3 Å². The van der Waals surface area contributed by atoms with Gasteiger partial charge in [0, 0.05) is 18.2 Å². The smallest absolute Gasteiger partial charge is 0.398 e. The van der Waals surface area contributed by atoms with Crippen molar-refractivity contribution in [3.05, 3.63) is 88.0 Å². The average molecular weight is 519 g/mol. The highest BCUT2D eigenvalue weighted by atomic mass is 19.4. The zero-order valence-corrected chi connectivity index (χ0v) is 20.9. The Kier molecular flexibility index (Phi) is 6.77. The summed E-state index contributed by atoms with van der Waals surface area (Å²) >= 11 is 0. The number of carbonyl (C=O) groups excluding carboxylic acids is 1. The lowest BCUT2D eigenvalue weighted by atomic mass is 9.83. The van der Waals surface area contributed by atoms with Crippen LogP contribution in [0.4, 0.5) is 22.0 Å². The molecule has 3 aromatic rings. The van der Waals surface area contributed by atoms with Gasteiger partial charge in [-0.15, -0.1) is 0 Å². The number of hydrogen-bond donors (Lipinski definition) is 0. The Morgan fingerprint density at radius 3 is 2.43 bits per heavy atom. The van der Waals surface area contributed by atoms with Gasteiger partial charge in [-0.3, -0.25) is 9.48 Å². The molecule has 2 aromatic carbocycles. The van der Waals surface area contributed by atoms with Crippen LogP contribution in [0.1, 0.15) is 67.3 Å². The van der Waals surface area contributed by atoms with E-state index in [1.807, 2.05) is 24.3 Å². The van der Waals surface area contributed by atoms with Crippen molar-refractivity contribution in [2.75, 3.05) is 0 Å². The average Bonchev–Trinajstić information content (AvgIpc) is 3.48. The summed E-state index contributed by atoms with van der Waals surface area (Å²) in [6.45, 7) is 5.29. The fourth-order valence-electron chi connectivity index (χ4n) is 4.25. The minimum Gasteiger partial charge on any atom is -0.454 e. The van der Waals surface area contributed by atoms with Crippen LogP contribution in [-0.4, -0.2) is 21.9 Å². The molecule has 196 valence electrons. The molecule has 0 bridgehead atoms. The second kappa shape index (κ2) is 9.43. The predicted octanol–water partition coefficient (Wildman–Crippen LogP) is 7.24. The molecule has 4 rings (SSSR count). The summed E-state index contributed by atoms with van der Waals surface area (Å²) in [7, 11) is 0. The van der Waals surface area contributed by atoms with E-state index in [4.69, 9.17) is 4.74 Å². The first-order valence-corrected chi connectivity index (χ1v) is 11.8. The molecule has 0 unspecified atom stereocenters. The number of aryl methyl sites for hydroxylation is 1. The highest BCUT2D eigenvalue weighted by Gasteiger charge is 2.50. The molecule has 1 heterocycles. The first kappa shape index (κ1) is 26.6. The Morgan fingerprint density at radius 1 is 1.14 bits per heavy atom. The van der Waals surface area contributed by atoms with Gasteiger partial charge in [0.2, 0.25) is 0 Å². The van der Waals surface area contributed by atoms with Crippen LogP contribution in [-0.2, 0) is 27.1 Å². The summed E-state index contributed by atoms with van der Waals surface area (Å²) in [5.74, 6) is -2.14. The largest absolute Gasteiger partial charge is 0.454 e. The number of esters is 1. The summed E-state index contributed by atoms with van der Waals surface area (Å²) in [6, 6.07) is 12.3. The maximum atomic E-state index is 15.0. The Bertz CT molecular complexity index is 1370. The van der Waals surface area contributed by atoms with Crippen LogP contribution < -0.4 is 0 Å². The Balaban J connectivity index is 1.54. The molecule has 1 saturated carbocycles. The molecule has 1 fully saturated rings. The molecule has 1 aromatic heterocycles. The van der Waals surface area contributed by atoms with Crippen molar-refractivity contribution in [1.29, 1.82) is 0 Å². The lowest BCUT2D eigenvalue weighted by Crippen LogP contribution is -2.37. The van der Waals surface area contributed by atoms with Crippen LogP contribution in [0.5, 0.6) is 0 Å². The number of alkyl halides is 3. The van der Waals surface area contributed by atoms with Crippen molar-refractivity contribution in [2.45, 2.75) is 64.3 Å². The number of nitrogens with zero attached hydrogens (tertiary/aromatic N) is 2. The summed E-state index contributed by atoms with van der Waals surface area (Å²) in [5.41, 5.74) is -0.911. The number of benzene rings is 2. The fraction of sp³-hybridized carbons (Fsp3) is 0.357. The van der Waals surface area contributed by atoms with Gasteiger partial charge in [0.1, 0.15) is 17.1 Å². The number of halogens is 5. The first-order valence-electron chi connectivity index (χ1n) is 11.8. The first-order chi connectivity index (χ1) is 17.2. The lowest BCUT2D eigenvalue weighted by Gasteiger charge is -2.28. The fourth-order valence-corrected chi connectivity index (χ4v) is 4.25. The quantitative estimate of drug-likeness (QED) is 0.245. The molecule has 1 aliphatic carbocycles. The predicted molar refractivity (Wildman–Crippen MR) is 130 cm³/mol. The summed E-state index contributed by atoms with van der Waals surface area (Å²) in [4.78, 5) is 11.5. The molecule has 1 aliphatic rings. The third-order valence-electron chi connectivity index (χ3n) is 6.72. The van der Waals surface area contributed by atoms with Crippen LogP contribution in [0.3, 0.4) is 0 Å². The molecular weight excluding hydrogens is 491 g/mol. The van der Waals surface area contributed by atoms with E-state index in [1.165, 1.54) is 19.1 Å². The Morgan fingerprint density at radius 2 is 1.84 bits per heavy atom. The second-order valence-corrected chi connectivity index (χ2v) is 9.97. The number of rotatable bonds is 7. The number of ether oxygens (including phenoxy) is 1. The van der Waals surface area contributed by atoms with E-state index in [2.05, 4.69) is 5.10 Å². The van der Waals surface area contributed by atoms with Gasteiger partial charge in [-0.25, -0.2) is 8.78 Å². The zero-order chi connectivity index (χ0) is 27.2. The summed E-state index contributed by atoms with van der Waals surface area (Å²) < 4.78 is 76.5. The van der Waals surface area contributed by atoms with Gasteiger partial charge >= 0.3 is 12.1 Å². The molecule has 4 nitrogen and oxygen atoms in total. The molecule has 0 N–H and O–H groups in total. The maximum absolute atomic E-state index is 15.0. The third-order valence-corrected chi connectivity index (χ3v) is 6.72. The molecular formula is C28H27F5N2O2. The van der Waals surface area contributed by atoms with Crippen LogP contribution in [0.2, 0.25) is 0 Å². The van der Waals surface area contributed by atoms with E-state index in [1.54, 1.807) is 11.6 Å². The van der Waals surface area contributed by atoms with Crippen LogP contribution in [0.25, 0.3) is 11.9 Å². The Hall–Kier alpha value is -3.49. The molecule has 0 radical (unpaired) electrons. The van der Waals surface area contributed by atoms with Gasteiger partial charge in [0.05, 0.1) is 12.0 Å². The highest BCUT2D eigenvalue weighted by molar-refractivity contribution is 5.75. The number of aromatic nitrogens is 2. The molecule has 0 saturated heterocycles. The normalized spacial score (nSPS) is 15.5. The summed E-state index contributed by atoms with van der Waals surface area (Å²) in [6.07, 6.45) is -2.09. The van der Waals surface area contributed by atoms with Crippen molar-refractivity contribution in [3.63, 3.8) is 0 Å². The van der Waals surface area contributed by atoms with Crippen molar-refractivity contribution in [1.82, 2.24) is 9.78 Å². The zero-order valence-electron chi connectivity index (χ0n) is 20.9. The van der Waals surface area contributed by atoms with Crippen molar-refractivity contribution >= 4 is 17.9 Å². The molecule has 0 spiro atoms. The number of carbonyl (C=O) groups is 1. The van der Waals surface area contributed by atoms with E-state index in [0.717, 1.165) is 56.0 Å². The minimum atomic E-state index is -4.64. The monoisotopic (exact) mass is 518 g/mol. The van der Waals surface area contributed by atoms with Gasteiger partial charge in [0.15, 0.2) is 5.83 Å². The van der Waals surface area contributed by atoms with Gasteiger partial charge in [-0.05, 0) is 74.6 Å². The third kappa shape index (κ3) is 5.45. The standard InChI is InChI=1S/C28H27F5N2O2/c1-17-12-25(24(30)15-19-8-9-22(23(29)14-19)26(3,4)28(31,32)33)34-35(17)16-20-6-5-7-21(13-20)27(10-11-27)37-18(2)36/h5-9,12-15H,10-11,16H2,1-4H3/b24-15-. The topological polar surface area (TPSA) is 44.1 Å². The molecule has 37 heavy (non-hydrogen) atoms. The summed E-state index contributed by atoms with van der Waals surface area (Å²) in [5, 5.41) is 4.31. The van der Waals surface area contributed by atoms with Crippen LogP contribution in [0.15, 0.2) is 48.5 Å². The van der Waals surface area contributed by atoms with E-state index >= 15 is 0 Å². The number of hydrogen-bond acceptors (Lipinski definition) is 3. The van der Waals surface area contributed by atoms with Crippen LogP contribution in [0, 0.1) is 12.7 Å². The SMILES string of the molecule is CC(=O)OC1(c2cccc(Cn3nc(/C(F)=C/c4ccc(C(C)(C)C(F)(F)F)c(F)c4)cc3C)c2)CC1. The van der Waals surface area contributed by atoms with Crippen molar-refractivity contribution < 1.29 is 31.5 Å². The molecule has 0 aliphatic heterocycles. The molecule has 9 heteroatoms. The van der Waals surface area contributed by atoms with E-state index in [-0.39, 0.29) is 17.2 Å². The van der Waals surface area contributed by atoms with E-state index in [9.17, 15) is 26.7 Å². The highest BCUT2D eigenvalue weighted by Crippen LogP contribution is 2.49. The van der Waals surface area contributed by atoms with Crippen LogP contribution >= 0.6 is 0 Å². The van der Waals surface area contributed by atoms with Crippen molar-refractivity contribution in [2.24, 2.45) is 0 Å². The molecule has 0 atom stereocenters. The van der Waals surface area contributed by atoms with Gasteiger partial charge < -0.3 is 4.74 Å².